The van der Waals surface area contributed by atoms with Crippen LogP contribution < -0.4 is 25.7 Å². The second kappa shape index (κ2) is 9.18. The molecule has 0 fully saturated rings. The molecule has 1 aromatic carbocycles. The number of hydrogen-bond acceptors (Lipinski definition) is 8. The molecular formula is C24H21FN6O3. The number of aromatic nitrogens is 4. The minimum absolute atomic E-state index is 0.278. The van der Waals surface area contributed by atoms with Crippen LogP contribution in [0.15, 0.2) is 65.8 Å². The summed E-state index contributed by atoms with van der Waals surface area (Å²) < 4.78 is 26.3. The Morgan fingerprint density at radius 1 is 1.09 bits per heavy atom. The van der Waals surface area contributed by atoms with Gasteiger partial charge in [-0.1, -0.05) is 0 Å². The Balaban J connectivity index is 1.36. The van der Waals surface area contributed by atoms with Gasteiger partial charge in [-0.25, -0.2) is 14.4 Å². The molecule has 3 aromatic heterocycles. The molecule has 1 aliphatic rings. The van der Waals surface area contributed by atoms with E-state index >= 15 is 0 Å². The molecule has 0 saturated carbocycles. The molecule has 1 aliphatic heterocycles. The first kappa shape index (κ1) is 21.4. The van der Waals surface area contributed by atoms with Gasteiger partial charge in [0.1, 0.15) is 11.6 Å². The van der Waals surface area contributed by atoms with Crippen molar-refractivity contribution in [3.8, 4) is 28.5 Å². The van der Waals surface area contributed by atoms with E-state index in [0.717, 1.165) is 13.0 Å². The smallest absolute Gasteiger partial charge is 0.264 e. The Hall–Kier alpha value is -4.47. The van der Waals surface area contributed by atoms with Crippen LogP contribution in [-0.2, 0) is 7.05 Å². The highest BCUT2D eigenvalue weighted by atomic mass is 19.1. The first-order chi connectivity index (χ1) is 16.6. The molecule has 9 nitrogen and oxygen atoms in total. The predicted molar refractivity (Wildman–Crippen MR) is 125 cm³/mol. The van der Waals surface area contributed by atoms with E-state index < -0.39 is 0 Å². The molecule has 34 heavy (non-hydrogen) atoms. The Morgan fingerprint density at radius 3 is 2.74 bits per heavy atom. The molecule has 0 amide bonds. The Kier molecular flexibility index (Phi) is 5.77. The van der Waals surface area contributed by atoms with Crippen molar-refractivity contribution in [2.24, 2.45) is 7.05 Å². The number of pyridine rings is 2. The zero-order valence-electron chi connectivity index (χ0n) is 18.3. The van der Waals surface area contributed by atoms with Crippen molar-refractivity contribution < 1.29 is 13.9 Å². The maximum absolute atomic E-state index is 13.1. The van der Waals surface area contributed by atoms with E-state index in [2.05, 4.69) is 25.6 Å². The zero-order valence-corrected chi connectivity index (χ0v) is 18.3. The molecule has 10 heteroatoms. The van der Waals surface area contributed by atoms with Crippen molar-refractivity contribution >= 4 is 17.5 Å². The van der Waals surface area contributed by atoms with Crippen LogP contribution in [-0.4, -0.2) is 32.7 Å². The van der Waals surface area contributed by atoms with Crippen molar-refractivity contribution in [2.45, 2.75) is 6.42 Å². The molecule has 0 spiro atoms. The third kappa shape index (κ3) is 4.38. The molecule has 0 bridgehead atoms. The quantitative estimate of drug-likeness (QED) is 0.459. The van der Waals surface area contributed by atoms with Crippen molar-refractivity contribution in [2.75, 3.05) is 23.8 Å². The molecule has 4 heterocycles. The molecule has 0 saturated heterocycles. The number of rotatable bonds is 5. The summed E-state index contributed by atoms with van der Waals surface area (Å²) in [6.07, 6.45) is 5.51. The number of benzene rings is 1. The van der Waals surface area contributed by atoms with Crippen molar-refractivity contribution in [1.82, 2.24) is 19.5 Å². The SMILES string of the molecule is Cn1c(Nc2ccc(F)cc2)ncc(-c2ccc(Oc3ccnc4c3OCCCN4)cn2)c1=O. The first-order valence-corrected chi connectivity index (χ1v) is 10.7. The van der Waals surface area contributed by atoms with Crippen molar-refractivity contribution in [1.29, 1.82) is 0 Å². The van der Waals surface area contributed by atoms with Gasteiger partial charge in [0, 0.05) is 37.7 Å². The zero-order chi connectivity index (χ0) is 23.5. The summed E-state index contributed by atoms with van der Waals surface area (Å²) in [6, 6.07) is 10.9. The fourth-order valence-electron chi connectivity index (χ4n) is 3.45. The summed E-state index contributed by atoms with van der Waals surface area (Å²) in [4.78, 5) is 25.9. The highest BCUT2D eigenvalue weighted by Crippen LogP contribution is 2.37. The number of fused-ring (bicyclic) bond motifs is 1. The van der Waals surface area contributed by atoms with E-state index in [-0.39, 0.29) is 11.4 Å². The largest absolute Gasteiger partial charge is 0.486 e. The molecule has 0 radical (unpaired) electrons. The Bertz CT molecular complexity index is 1370. The normalized spacial score (nSPS) is 12.6. The maximum atomic E-state index is 13.1. The van der Waals surface area contributed by atoms with E-state index in [9.17, 15) is 9.18 Å². The van der Waals surface area contributed by atoms with E-state index in [1.165, 1.54) is 29.1 Å². The second-order valence-electron chi connectivity index (χ2n) is 7.59. The topological polar surface area (TPSA) is 103 Å². The summed E-state index contributed by atoms with van der Waals surface area (Å²) in [5.41, 5.74) is 1.13. The fourth-order valence-corrected chi connectivity index (χ4v) is 3.45. The standard InChI is InChI=1S/C24H21FN6O3/c1-31-23(32)18(14-29-24(31)30-16-5-3-15(25)4-6-16)19-8-7-17(13-28-19)34-20-9-11-27-22-21(20)33-12-2-10-26-22/h3-9,11,13-14H,2,10,12H2,1H3,(H,26,27)(H,29,30). The lowest BCUT2D eigenvalue weighted by molar-refractivity contribution is 0.306. The third-order valence-electron chi connectivity index (χ3n) is 5.24. The summed E-state index contributed by atoms with van der Waals surface area (Å²) in [5.74, 6) is 2.21. The minimum atomic E-state index is -0.343. The van der Waals surface area contributed by atoms with Gasteiger partial charge in [-0.3, -0.25) is 14.3 Å². The van der Waals surface area contributed by atoms with Gasteiger partial charge in [0.25, 0.3) is 5.56 Å². The predicted octanol–water partition coefficient (Wildman–Crippen LogP) is 4.11. The molecule has 2 N–H and O–H groups in total. The number of hydrogen-bond donors (Lipinski definition) is 2. The second-order valence-corrected chi connectivity index (χ2v) is 7.59. The molecule has 172 valence electrons. The average Bonchev–Trinajstić information content (AvgIpc) is 3.11. The minimum Gasteiger partial charge on any atom is -0.486 e. The van der Waals surface area contributed by atoms with Crippen molar-refractivity contribution in [3.05, 3.63) is 77.2 Å². The number of halogens is 1. The van der Waals surface area contributed by atoms with Crippen LogP contribution in [0.1, 0.15) is 6.42 Å². The Morgan fingerprint density at radius 2 is 1.94 bits per heavy atom. The summed E-state index contributed by atoms with van der Waals surface area (Å²) in [7, 11) is 1.60. The summed E-state index contributed by atoms with van der Waals surface area (Å²) in [6.45, 7) is 1.35. The molecular weight excluding hydrogens is 439 g/mol. The highest BCUT2D eigenvalue weighted by Gasteiger charge is 2.17. The van der Waals surface area contributed by atoms with Gasteiger partial charge in [0.05, 0.1) is 24.1 Å². The van der Waals surface area contributed by atoms with Crippen LogP contribution in [0.2, 0.25) is 0 Å². The third-order valence-corrected chi connectivity index (χ3v) is 5.24. The van der Waals surface area contributed by atoms with Gasteiger partial charge >= 0.3 is 0 Å². The molecule has 4 aromatic rings. The van der Waals surface area contributed by atoms with Crippen LogP contribution in [0.5, 0.6) is 17.2 Å². The van der Waals surface area contributed by atoms with E-state index in [1.807, 2.05) is 0 Å². The number of nitrogens with zero attached hydrogens (tertiary/aromatic N) is 4. The van der Waals surface area contributed by atoms with Gasteiger partial charge in [0.2, 0.25) is 11.7 Å². The monoisotopic (exact) mass is 460 g/mol. The maximum Gasteiger partial charge on any atom is 0.264 e. The lowest BCUT2D eigenvalue weighted by Crippen LogP contribution is -2.22. The molecule has 5 rings (SSSR count). The van der Waals surface area contributed by atoms with Gasteiger partial charge < -0.3 is 20.1 Å². The number of anilines is 3. The van der Waals surface area contributed by atoms with Gasteiger partial charge in [-0.05, 0) is 42.8 Å². The van der Waals surface area contributed by atoms with Crippen LogP contribution in [0, 0.1) is 5.82 Å². The summed E-state index contributed by atoms with van der Waals surface area (Å²) in [5, 5.41) is 6.23. The van der Waals surface area contributed by atoms with Crippen LogP contribution in [0.3, 0.4) is 0 Å². The van der Waals surface area contributed by atoms with Gasteiger partial charge in [-0.15, -0.1) is 0 Å². The lowest BCUT2D eigenvalue weighted by atomic mass is 10.2. The summed E-state index contributed by atoms with van der Waals surface area (Å²) >= 11 is 0. The average molecular weight is 460 g/mol. The number of nitrogens with one attached hydrogen (secondary N) is 2. The number of ether oxygens (including phenoxy) is 2. The fraction of sp³-hybridized carbons (Fsp3) is 0.167. The van der Waals surface area contributed by atoms with E-state index in [1.54, 1.807) is 43.6 Å². The van der Waals surface area contributed by atoms with Crippen LogP contribution >= 0.6 is 0 Å². The lowest BCUT2D eigenvalue weighted by Gasteiger charge is -2.13. The van der Waals surface area contributed by atoms with Crippen molar-refractivity contribution in [3.63, 3.8) is 0 Å². The van der Waals surface area contributed by atoms with Gasteiger partial charge in [0.15, 0.2) is 11.6 Å². The van der Waals surface area contributed by atoms with E-state index in [4.69, 9.17) is 9.47 Å². The Labute approximate surface area is 194 Å². The molecule has 0 unspecified atom stereocenters. The molecule has 0 atom stereocenters. The van der Waals surface area contributed by atoms with E-state index in [0.29, 0.717) is 52.6 Å². The van der Waals surface area contributed by atoms with Crippen LogP contribution in [0.4, 0.5) is 21.8 Å². The van der Waals surface area contributed by atoms with Gasteiger partial charge in [-0.2, -0.15) is 0 Å². The molecule has 0 aliphatic carbocycles. The first-order valence-electron chi connectivity index (χ1n) is 10.7. The van der Waals surface area contributed by atoms with Crippen LogP contribution in [0.25, 0.3) is 11.3 Å². The highest BCUT2D eigenvalue weighted by molar-refractivity contribution is 5.61.